The Morgan fingerprint density at radius 1 is 0.947 bits per heavy atom. The molecule has 1 heterocycles. The maximum atomic E-state index is 13.8. The number of halogens is 2. The summed E-state index contributed by atoms with van der Waals surface area (Å²) in [5.41, 5.74) is 3.71. The summed E-state index contributed by atoms with van der Waals surface area (Å²) in [6.45, 7) is 3.06. The maximum absolute atomic E-state index is 13.8. The summed E-state index contributed by atoms with van der Waals surface area (Å²) in [6.07, 6.45) is 1.57. The van der Waals surface area contributed by atoms with Gasteiger partial charge in [0, 0.05) is 25.6 Å². The molecule has 6 nitrogen and oxygen atoms in total. The number of aliphatic hydroxyl groups is 1. The summed E-state index contributed by atoms with van der Waals surface area (Å²) in [7, 11) is 0. The minimum absolute atomic E-state index is 0.0940. The number of aliphatic hydroxyl groups excluding tert-OH is 1. The quantitative estimate of drug-likeness (QED) is 0.308. The van der Waals surface area contributed by atoms with Gasteiger partial charge in [0.25, 0.3) is 0 Å². The van der Waals surface area contributed by atoms with Crippen LogP contribution in [0.25, 0.3) is 0 Å². The number of nitrogens with one attached hydrogen (secondary N) is 2. The third kappa shape index (κ3) is 8.00. The Labute approximate surface area is 222 Å². The lowest BCUT2D eigenvalue weighted by atomic mass is 10.00. The molecule has 4 rings (SSSR count). The van der Waals surface area contributed by atoms with E-state index in [1.54, 1.807) is 0 Å². The molecule has 8 heteroatoms. The lowest BCUT2D eigenvalue weighted by Gasteiger charge is -2.25. The van der Waals surface area contributed by atoms with Crippen LogP contribution in [0.4, 0.5) is 8.78 Å². The molecule has 0 saturated heterocycles. The highest BCUT2D eigenvalue weighted by Crippen LogP contribution is 2.32. The third-order valence-electron chi connectivity index (χ3n) is 6.58. The molecule has 1 aliphatic rings. The number of hydrogen-bond acceptors (Lipinski definition) is 5. The first-order chi connectivity index (χ1) is 18.4. The van der Waals surface area contributed by atoms with Gasteiger partial charge >= 0.3 is 0 Å². The van der Waals surface area contributed by atoms with Crippen LogP contribution in [0.15, 0.2) is 60.7 Å². The number of fused-ring (bicyclic) bond motifs is 1. The lowest BCUT2D eigenvalue weighted by Crippen LogP contribution is -2.48. The van der Waals surface area contributed by atoms with Crippen LogP contribution in [0.5, 0.6) is 11.5 Å². The number of aryl methyl sites for hydroxylation is 2. The molecule has 1 amide bonds. The van der Waals surface area contributed by atoms with Gasteiger partial charge in [-0.3, -0.25) is 4.79 Å². The highest BCUT2D eigenvalue weighted by atomic mass is 19.1. The van der Waals surface area contributed by atoms with E-state index in [1.807, 2.05) is 30.3 Å². The van der Waals surface area contributed by atoms with E-state index >= 15 is 0 Å². The van der Waals surface area contributed by atoms with Gasteiger partial charge < -0.3 is 25.2 Å². The van der Waals surface area contributed by atoms with E-state index in [1.165, 1.54) is 17.7 Å². The average molecular weight is 525 g/mol. The molecule has 0 spiro atoms. The van der Waals surface area contributed by atoms with E-state index in [2.05, 4.69) is 29.7 Å². The average Bonchev–Trinajstić information content (AvgIpc) is 3.36. The molecule has 0 fully saturated rings. The van der Waals surface area contributed by atoms with Crippen LogP contribution in [-0.4, -0.2) is 36.5 Å². The Bertz CT molecular complexity index is 1220. The fourth-order valence-corrected chi connectivity index (χ4v) is 4.56. The summed E-state index contributed by atoms with van der Waals surface area (Å²) < 4.78 is 38.3. The molecule has 2 atom stereocenters. The van der Waals surface area contributed by atoms with Crippen LogP contribution in [0.3, 0.4) is 0 Å². The monoisotopic (exact) mass is 524 g/mol. The van der Waals surface area contributed by atoms with Crippen LogP contribution < -0.4 is 20.1 Å². The Morgan fingerprint density at radius 2 is 1.71 bits per heavy atom. The topological polar surface area (TPSA) is 79.8 Å². The van der Waals surface area contributed by atoms with Gasteiger partial charge in [-0.2, -0.15) is 0 Å². The number of carbonyl (C=O) groups excluding carboxylic acids is 1. The number of benzene rings is 3. The molecule has 3 N–H and O–H groups in total. The minimum atomic E-state index is -0.964. The largest absolute Gasteiger partial charge is 0.454 e. The maximum Gasteiger partial charge on any atom is 0.231 e. The van der Waals surface area contributed by atoms with Crippen LogP contribution in [0.1, 0.15) is 42.0 Å². The Hall–Kier alpha value is -3.49. The second-order valence-electron chi connectivity index (χ2n) is 9.57. The highest BCUT2D eigenvalue weighted by Gasteiger charge is 2.22. The number of ether oxygens (including phenoxy) is 2. The Kier molecular flexibility index (Phi) is 9.67. The van der Waals surface area contributed by atoms with Crippen molar-refractivity contribution >= 4 is 5.91 Å². The SMILES string of the molecule is CCc1cccc(CNC[C@H](O)[C@H](Cc2cc(F)cc(F)c2)NC(=O)CCCc2ccc3c(c2)OCO3)c1. The minimum Gasteiger partial charge on any atom is -0.454 e. The molecular weight excluding hydrogens is 490 g/mol. The highest BCUT2D eigenvalue weighted by molar-refractivity contribution is 5.76. The predicted molar refractivity (Wildman–Crippen MR) is 141 cm³/mol. The molecular formula is C30H34F2N2O4. The molecule has 0 radical (unpaired) electrons. The van der Waals surface area contributed by atoms with Crippen LogP contribution in [0, 0.1) is 11.6 Å². The number of rotatable bonds is 13. The van der Waals surface area contributed by atoms with Crippen molar-refractivity contribution in [1.82, 2.24) is 10.6 Å². The van der Waals surface area contributed by atoms with Crippen molar-refractivity contribution in [2.75, 3.05) is 13.3 Å². The molecule has 3 aromatic carbocycles. The van der Waals surface area contributed by atoms with Crippen molar-refractivity contribution in [3.8, 4) is 11.5 Å². The van der Waals surface area contributed by atoms with Gasteiger partial charge in [0.05, 0.1) is 12.1 Å². The third-order valence-corrected chi connectivity index (χ3v) is 6.58. The van der Waals surface area contributed by atoms with Crippen molar-refractivity contribution in [3.05, 3.63) is 94.6 Å². The van der Waals surface area contributed by atoms with Crippen LogP contribution >= 0.6 is 0 Å². The molecule has 202 valence electrons. The van der Waals surface area contributed by atoms with Crippen LogP contribution in [0.2, 0.25) is 0 Å². The second-order valence-corrected chi connectivity index (χ2v) is 9.57. The number of carbonyl (C=O) groups is 1. The number of hydrogen-bond donors (Lipinski definition) is 3. The van der Waals surface area contributed by atoms with E-state index < -0.39 is 23.8 Å². The summed E-state index contributed by atoms with van der Waals surface area (Å²) in [5.74, 6) is -0.216. The fourth-order valence-electron chi connectivity index (χ4n) is 4.56. The van der Waals surface area contributed by atoms with Gasteiger partial charge in [0.15, 0.2) is 11.5 Å². The molecule has 0 saturated carbocycles. The first-order valence-electron chi connectivity index (χ1n) is 13.0. The zero-order valence-corrected chi connectivity index (χ0v) is 21.5. The van der Waals surface area contributed by atoms with Crippen LogP contribution in [-0.2, 0) is 30.6 Å². The van der Waals surface area contributed by atoms with E-state index in [-0.39, 0.29) is 32.1 Å². The Morgan fingerprint density at radius 3 is 2.50 bits per heavy atom. The molecule has 3 aromatic rings. The zero-order chi connectivity index (χ0) is 26.9. The fraction of sp³-hybridized carbons (Fsp3) is 0.367. The van der Waals surface area contributed by atoms with E-state index in [4.69, 9.17) is 9.47 Å². The molecule has 0 bridgehead atoms. The zero-order valence-electron chi connectivity index (χ0n) is 21.5. The Balaban J connectivity index is 1.33. The van der Waals surface area contributed by atoms with Gasteiger partial charge in [0.2, 0.25) is 12.7 Å². The second kappa shape index (κ2) is 13.3. The van der Waals surface area contributed by atoms with E-state index in [0.717, 1.165) is 23.6 Å². The van der Waals surface area contributed by atoms with E-state index in [9.17, 15) is 18.7 Å². The van der Waals surface area contributed by atoms with Gasteiger partial charge in [-0.15, -0.1) is 0 Å². The van der Waals surface area contributed by atoms with Gasteiger partial charge in [-0.25, -0.2) is 8.78 Å². The van der Waals surface area contributed by atoms with E-state index in [0.29, 0.717) is 36.4 Å². The van der Waals surface area contributed by atoms with Gasteiger partial charge in [0.1, 0.15) is 11.6 Å². The van der Waals surface area contributed by atoms with Crippen molar-refractivity contribution in [2.45, 2.75) is 57.7 Å². The summed E-state index contributed by atoms with van der Waals surface area (Å²) in [4.78, 5) is 12.8. The van der Waals surface area contributed by atoms with Crippen molar-refractivity contribution in [1.29, 1.82) is 0 Å². The molecule has 1 aliphatic heterocycles. The summed E-state index contributed by atoms with van der Waals surface area (Å²) in [6, 6.07) is 16.4. The normalized spacial score (nSPS) is 13.8. The first kappa shape index (κ1) is 27.5. The van der Waals surface area contributed by atoms with Crippen molar-refractivity contribution in [3.63, 3.8) is 0 Å². The molecule has 0 aromatic heterocycles. The lowest BCUT2D eigenvalue weighted by molar-refractivity contribution is -0.122. The molecule has 0 unspecified atom stereocenters. The molecule has 38 heavy (non-hydrogen) atoms. The van der Waals surface area contributed by atoms with Crippen molar-refractivity contribution in [2.24, 2.45) is 0 Å². The first-order valence-corrected chi connectivity index (χ1v) is 13.0. The number of amides is 1. The van der Waals surface area contributed by atoms with Crippen molar-refractivity contribution < 1.29 is 28.2 Å². The smallest absolute Gasteiger partial charge is 0.231 e. The predicted octanol–water partition coefficient (Wildman–Crippen LogP) is 4.46. The summed E-state index contributed by atoms with van der Waals surface area (Å²) >= 11 is 0. The van der Waals surface area contributed by atoms with Gasteiger partial charge in [-0.1, -0.05) is 37.3 Å². The molecule has 0 aliphatic carbocycles. The standard InChI is InChI=1S/C30H34F2N2O4/c1-2-20-5-3-7-22(11-20)17-33-18-27(35)26(14-23-12-24(31)16-25(32)13-23)34-30(36)8-4-6-21-9-10-28-29(15-21)38-19-37-28/h3,5,7,9-13,15-16,26-27,33,35H,2,4,6,8,14,17-19H2,1H3,(H,34,36)/t26-,27-/m0/s1. The summed E-state index contributed by atoms with van der Waals surface area (Å²) in [5, 5.41) is 17.0. The van der Waals surface area contributed by atoms with Gasteiger partial charge in [-0.05, 0) is 72.2 Å².